The second kappa shape index (κ2) is 7.79. The van der Waals surface area contributed by atoms with Gasteiger partial charge in [0.1, 0.15) is 0 Å². The van der Waals surface area contributed by atoms with Crippen LogP contribution in [0.2, 0.25) is 10.0 Å². The number of sulfone groups is 1. The lowest BCUT2D eigenvalue weighted by atomic mass is 10.2. The Hall–Kier alpha value is 0.000000000000000111. The molecule has 0 radical (unpaired) electrons. The summed E-state index contributed by atoms with van der Waals surface area (Å²) in [6, 6.07) is 1.34. The van der Waals surface area contributed by atoms with Crippen LogP contribution in [-0.2, 0) is 24.7 Å². The number of carbonyl (C=O) groups is 1. The van der Waals surface area contributed by atoms with Gasteiger partial charge < -0.3 is 5.32 Å². The molecule has 2 rings (SSSR count). The van der Waals surface area contributed by atoms with E-state index in [9.17, 15) is 21.6 Å². The molecule has 2 N–H and O–H groups in total. The minimum Gasteiger partial charge on any atom is -0.347 e. The van der Waals surface area contributed by atoms with Gasteiger partial charge in [-0.15, -0.1) is 0 Å². The molecule has 1 fully saturated rings. The summed E-state index contributed by atoms with van der Waals surface area (Å²) < 4.78 is 48.7. The van der Waals surface area contributed by atoms with E-state index < -0.39 is 53.1 Å². The Morgan fingerprint density at radius 1 is 1.08 bits per heavy atom. The van der Waals surface area contributed by atoms with Gasteiger partial charge in [-0.05, 0) is 18.2 Å². The van der Waals surface area contributed by atoms with Crippen molar-refractivity contribution >= 4 is 83.8 Å². The van der Waals surface area contributed by atoms with Crippen LogP contribution in [0.5, 0.6) is 0 Å². The smallest absolute Gasteiger partial charge is 0.272 e. The van der Waals surface area contributed by atoms with Crippen molar-refractivity contribution < 1.29 is 21.6 Å². The van der Waals surface area contributed by atoms with Crippen LogP contribution in [0.25, 0.3) is 0 Å². The number of hydrogen-bond acceptors (Lipinski definition) is 5. The van der Waals surface area contributed by atoms with E-state index in [1.165, 1.54) is 12.1 Å². The number of rotatable bonds is 4. The van der Waals surface area contributed by atoms with Crippen molar-refractivity contribution in [3.8, 4) is 0 Å². The second-order valence-electron chi connectivity index (χ2n) is 5.46. The Kier molecular flexibility index (Phi) is 6.68. The van der Waals surface area contributed by atoms with Crippen molar-refractivity contribution in [3.63, 3.8) is 0 Å². The number of hydrogen-bond donors (Lipinski definition) is 2. The average molecular weight is 505 g/mol. The van der Waals surface area contributed by atoms with E-state index in [0.717, 1.165) is 6.07 Å². The zero-order valence-corrected chi connectivity index (χ0v) is 18.0. The van der Waals surface area contributed by atoms with Crippen molar-refractivity contribution in [2.75, 3.05) is 11.5 Å². The number of amides is 1. The largest absolute Gasteiger partial charge is 0.347 e. The van der Waals surface area contributed by atoms with Gasteiger partial charge in [0.15, 0.2) is 9.84 Å². The topological polar surface area (TPSA) is 109 Å². The van der Waals surface area contributed by atoms with Crippen molar-refractivity contribution in [1.82, 2.24) is 10.0 Å². The van der Waals surface area contributed by atoms with Gasteiger partial charge in [0.25, 0.3) is 9.70 Å². The SMILES string of the molecule is O=C(NC1CS(=O)(=O)CC1NS(=O)(=O)c1ccc(Cl)c(Cl)c1)C(Cl)(Cl)Cl. The molecule has 1 aliphatic heterocycles. The van der Waals surface area contributed by atoms with Crippen LogP contribution < -0.4 is 10.0 Å². The predicted molar refractivity (Wildman–Crippen MR) is 101 cm³/mol. The van der Waals surface area contributed by atoms with E-state index >= 15 is 0 Å². The molecule has 2 unspecified atom stereocenters. The molecule has 0 aliphatic carbocycles. The molecule has 1 heterocycles. The van der Waals surface area contributed by atoms with Crippen molar-refractivity contribution in [2.45, 2.75) is 20.8 Å². The van der Waals surface area contributed by atoms with Crippen LogP contribution in [0.4, 0.5) is 0 Å². The molecule has 1 aromatic carbocycles. The fourth-order valence-electron chi connectivity index (χ4n) is 2.27. The van der Waals surface area contributed by atoms with Crippen LogP contribution in [0.15, 0.2) is 23.1 Å². The van der Waals surface area contributed by atoms with Gasteiger partial charge in [-0.25, -0.2) is 21.6 Å². The molecule has 1 amide bonds. The Morgan fingerprint density at radius 3 is 2.19 bits per heavy atom. The van der Waals surface area contributed by atoms with E-state index in [0.29, 0.717) is 0 Å². The summed E-state index contributed by atoms with van der Waals surface area (Å²) in [7, 11) is -7.77. The molecule has 2 atom stereocenters. The maximum atomic E-state index is 12.5. The van der Waals surface area contributed by atoms with Crippen LogP contribution in [0, 0.1) is 0 Å². The lowest BCUT2D eigenvalue weighted by Crippen LogP contribution is -2.53. The molecule has 1 aromatic rings. The summed E-state index contributed by atoms with van der Waals surface area (Å²) in [5.41, 5.74) is 0. The number of alkyl halides is 3. The molecule has 146 valence electrons. The summed E-state index contributed by atoms with van der Waals surface area (Å²) in [5, 5.41) is 2.39. The molecule has 0 aromatic heterocycles. The molecule has 1 saturated heterocycles. The first kappa shape index (κ1) is 22.3. The maximum absolute atomic E-state index is 12.5. The Morgan fingerprint density at radius 2 is 1.65 bits per heavy atom. The first-order valence-corrected chi connectivity index (χ1v) is 12.0. The quantitative estimate of drug-likeness (QED) is 0.609. The number of sulfonamides is 1. The third-order valence-electron chi connectivity index (χ3n) is 3.43. The van der Waals surface area contributed by atoms with Crippen molar-refractivity contribution in [2.24, 2.45) is 0 Å². The van der Waals surface area contributed by atoms with Crippen LogP contribution in [-0.4, -0.2) is 50.1 Å². The van der Waals surface area contributed by atoms with E-state index in [4.69, 9.17) is 58.0 Å². The molecule has 14 heteroatoms. The standard InChI is InChI=1S/C12H11Cl5N2O5S2/c13-7-2-1-6(3-8(7)14)26(23,24)19-10-5-25(21,22)4-9(10)18-11(20)12(15,16)17/h1-3,9-10,19H,4-5H2,(H,18,20). The molecule has 26 heavy (non-hydrogen) atoms. The summed E-state index contributed by atoms with van der Waals surface area (Å²) in [5.74, 6) is -2.10. The van der Waals surface area contributed by atoms with Gasteiger partial charge in [-0.1, -0.05) is 58.0 Å². The lowest BCUT2D eigenvalue weighted by molar-refractivity contribution is -0.120. The zero-order valence-electron chi connectivity index (χ0n) is 12.5. The van der Waals surface area contributed by atoms with E-state index in [1.54, 1.807) is 0 Å². The fourth-order valence-corrected chi connectivity index (χ4v) is 6.06. The zero-order chi connectivity index (χ0) is 19.9. The number of halogens is 5. The van der Waals surface area contributed by atoms with Gasteiger partial charge in [-0.2, -0.15) is 0 Å². The minimum atomic E-state index is -4.15. The van der Waals surface area contributed by atoms with Gasteiger partial charge >= 0.3 is 0 Å². The van der Waals surface area contributed by atoms with Crippen molar-refractivity contribution in [3.05, 3.63) is 28.2 Å². The van der Waals surface area contributed by atoms with Crippen LogP contribution in [0.3, 0.4) is 0 Å². The van der Waals surface area contributed by atoms with Crippen LogP contribution >= 0.6 is 58.0 Å². The van der Waals surface area contributed by atoms with Gasteiger partial charge in [-0.3, -0.25) is 4.79 Å². The van der Waals surface area contributed by atoms with Crippen LogP contribution in [0.1, 0.15) is 0 Å². The Labute approximate surface area is 175 Å². The lowest BCUT2D eigenvalue weighted by Gasteiger charge is -2.22. The highest BCUT2D eigenvalue weighted by Crippen LogP contribution is 2.28. The molecule has 1 aliphatic rings. The molecule has 0 bridgehead atoms. The highest BCUT2D eigenvalue weighted by molar-refractivity contribution is 7.92. The highest BCUT2D eigenvalue weighted by Gasteiger charge is 2.43. The molecular weight excluding hydrogens is 494 g/mol. The first-order valence-electron chi connectivity index (χ1n) is 6.77. The Balaban J connectivity index is 2.26. The fraction of sp³-hybridized carbons (Fsp3) is 0.417. The Bertz CT molecular complexity index is 930. The number of carbonyl (C=O) groups excluding carboxylic acids is 1. The molecule has 7 nitrogen and oxygen atoms in total. The highest BCUT2D eigenvalue weighted by atomic mass is 35.6. The van der Waals surface area contributed by atoms with Gasteiger partial charge in [0.2, 0.25) is 10.0 Å². The van der Waals surface area contributed by atoms with Gasteiger partial charge in [0.05, 0.1) is 38.5 Å². The minimum absolute atomic E-state index is 0.00893. The van der Waals surface area contributed by atoms with E-state index in [1.807, 2.05) is 0 Å². The normalized spacial score (nSPS) is 23.0. The van der Waals surface area contributed by atoms with E-state index in [-0.39, 0.29) is 14.9 Å². The third-order valence-corrected chi connectivity index (χ3v) is 7.91. The average Bonchev–Trinajstić information content (AvgIpc) is 2.73. The van der Waals surface area contributed by atoms with Gasteiger partial charge in [0, 0.05) is 0 Å². The number of benzene rings is 1. The van der Waals surface area contributed by atoms with E-state index in [2.05, 4.69) is 10.0 Å². The maximum Gasteiger partial charge on any atom is 0.272 e. The third kappa shape index (κ3) is 5.51. The summed E-state index contributed by atoms with van der Waals surface area (Å²) in [6.45, 7) is 0. The summed E-state index contributed by atoms with van der Waals surface area (Å²) >= 11 is 27.9. The summed E-state index contributed by atoms with van der Waals surface area (Å²) in [4.78, 5) is 11.6. The molecule has 0 saturated carbocycles. The monoisotopic (exact) mass is 502 g/mol. The number of nitrogens with one attached hydrogen (secondary N) is 2. The summed E-state index contributed by atoms with van der Waals surface area (Å²) in [6.07, 6.45) is 0. The second-order valence-corrected chi connectivity index (χ2v) is 12.4. The predicted octanol–water partition coefficient (Wildman–Crippen LogP) is 1.92. The molecule has 0 spiro atoms. The first-order chi connectivity index (χ1) is 11.7. The molecular formula is C12H11Cl5N2O5S2. The van der Waals surface area contributed by atoms with Crippen molar-refractivity contribution in [1.29, 1.82) is 0 Å².